The molecule has 0 saturated heterocycles. The Balaban J connectivity index is 2.75. The minimum absolute atomic E-state index is 0.0249. The highest BCUT2D eigenvalue weighted by molar-refractivity contribution is 5.97. The minimum atomic E-state index is -0.612. The van der Waals surface area contributed by atoms with Gasteiger partial charge in [-0.2, -0.15) is 0 Å². The monoisotopic (exact) mass is 311 g/mol. The molecule has 0 heterocycles. The van der Waals surface area contributed by atoms with Crippen molar-refractivity contribution < 1.29 is 9.59 Å². The summed E-state index contributed by atoms with van der Waals surface area (Å²) in [5, 5.41) is 5.60. The van der Waals surface area contributed by atoms with Crippen LogP contribution in [-0.4, -0.2) is 23.9 Å². The van der Waals surface area contributed by atoms with Crippen LogP contribution in [0.4, 0.5) is 5.69 Å². The van der Waals surface area contributed by atoms with Gasteiger partial charge in [0.2, 0.25) is 11.8 Å². The van der Waals surface area contributed by atoms with Crippen molar-refractivity contribution in [1.29, 1.82) is 0 Å². The molecule has 0 fully saturated rings. The van der Waals surface area contributed by atoms with Gasteiger partial charge in [0.05, 0.1) is 6.04 Å². The van der Waals surface area contributed by atoms with Crippen molar-refractivity contribution in [2.75, 3.05) is 5.32 Å². The highest BCUT2D eigenvalue weighted by atomic mass is 16.2. The number of anilines is 1. The molecule has 0 unspecified atom stereocenters. The summed E-state index contributed by atoms with van der Waals surface area (Å²) in [4.78, 5) is 24.5. The fourth-order valence-corrected chi connectivity index (χ4v) is 2.02. The molecule has 1 rings (SSSR count). The van der Waals surface area contributed by atoms with E-state index in [9.17, 15) is 9.59 Å². The third-order valence-electron chi connectivity index (χ3n) is 3.40. The maximum Gasteiger partial charge on any atom is 0.246 e. The SMILES string of the molecule is CC(C)C[C@H](N[13C](=O)[13C@@H]([15NH2])[13CH]([13CH3])[13CH3])C(=O)Nc1ccccc1. The zero-order valence-corrected chi connectivity index (χ0v) is 13.8. The molecular weight excluding hydrogens is 284 g/mol. The zero-order valence-electron chi connectivity index (χ0n) is 13.8. The third-order valence-corrected chi connectivity index (χ3v) is 3.40. The second-order valence-electron chi connectivity index (χ2n) is 6.32. The van der Waals surface area contributed by atoms with Gasteiger partial charge in [-0.15, -0.1) is 0 Å². The van der Waals surface area contributed by atoms with Crippen LogP contribution in [0.3, 0.4) is 0 Å². The van der Waals surface area contributed by atoms with Crippen molar-refractivity contribution in [2.45, 2.75) is 46.2 Å². The van der Waals surface area contributed by atoms with Crippen LogP contribution in [0.2, 0.25) is 0 Å². The molecule has 0 aliphatic rings. The number of carbonyl (C=O) groups is 2. The second kappa shape index (κ2) is 8.54. The number of amides is 2. The molecule has 2 atom stereocenters. The van der Waals surface area contributed by atoms with Crippen LogP contribution in [0.25, 0.3) is 0 Å². The van der Waals surface area contributed by atoms with Gasteiger partial charge in [-0.3, -0.25) is 9.59 Å². The lowest BCUT2D eigenvalue weighted by Crippen LogP contribution is -2.52. The molecule has 0 saturated carbocycles. The predicted molar refractivity (Wildman–Crippen MR) is 89.3 cm³/mol. The highest BCUT2D eigenvalue weighted by Crippen LogP contribution is 2.11. The average Bonchev–Trinajstić information content (AvgIpc) is 2.46. The van der Waals surface area contributed by atoms with Crippen LogP contribution in [0.15, 0.2) is 30.3 Å². The molecule has 1 aromatic carbocycles. The number of nitrogens with one attached hydrogen (secondary N) is 2. The number of para-hydroxylation sites is 1. The summed E-state index contributed by atoms with van der Waals surface area (Å²) in [6, 6.07) is 8.00. The van der Waals surface area contributed by atoms with Crippen molar-refractivity contribution in [3.63, 3.8) is 0 Å². The quantitative estimate of drug-likeness (QED) is 0.533. The maximum absolute atomic E-state index is 12.4. The van der Waals surface area contributed by atoms with E-state index in [2.05, 4.69) is 10.6 Å². The standard InChI is InChI=1S/C17H27N3O2/c1-11(2)10-14(20-17(22)15(18)12(3)4)16(21)19-13-8-6-5-7-9-13/h5-9,11-12,14-15H,10,18H2,1-4H3,(H,19,21)(H,20,22)/t14-,15-/m0/s1/i3+1,4+1,12+1,15+1,17+1,18+1. The summed E-state index contributed by atoms with van der Waals surface area (Å²) >= 11 is 0. The Morgan fingerprint density at radius 3 is 2.14 bits per heavy atom. The molecule has 2 amide bonds. The zero-order chi connectivity index (χ0) is 16.7. The van der Waals surface area contributed by atoms with Crippen LogP contribution in [-0.2, 0) is 9.59 Å². The average molecular weight is 311 g/mol. The van der Waals surface area contributed by atoms with E-state index in [1.54, 1.807) is 0 Å². The maximum atomic E-state index is 12.4. The molecule has 4 N–H and O–H groups in total. The second-order valence-corrected chi connectivity index (χ2v) is 6.32. The van der Waals surface area contributed by atoms with E-state index in [0.29, 0.717) is 12.1 Å². The van der Waals surface area contributed by atoms with E-state index >= 15 is 0 Å². The third kappa shape index (κ3) is 5.85. The number of hydrogen-bond donors (Lipinski definition) is 3. The summed E-state index contributed by atoms with van der Waals surface area (Å²) < 4.78 is 0. The lowest BCUT2D eigenvalue weighted by molar-refractivity contribution is -0.128. The first-order chi connectivity index (χ1) is 10.3. The Morgan fingerprint density at radius 1 is 1.05 bits per heavy atom. The van der Waals surface area contributed by atoms with E-state index in [1.165, 1.54) is 0 Å². The number of nitrogens with two attached hydrogens (primary N) is 1. The number of benzene rings is 1. The molecule has 0 aliphatic carbocycles. The van der Waals surface area contributed by atoms with Crippen molar-refractivity contribution in [3.05, 3.63) is 30.3 Å². The molecule has 0 aliphatic heterocycles. The van der Waals surface area contributed by atoms with Gasteiger partial charge in [0, 0.05) is 5.69 Å². The highest BCUT2D eigenvalue weighted by Gasteiger charge is 2.25. The van der Waals surface area contributed by atoms with E-state index in [0.717, 1.165) is 0 Å². The Labute approximate surface area is 132 Å². The van der Waals surface area contributed by atoms with Gasteiger partial charge in [0.15, 0.2) is 0 Å². The van der Waals surface area contributed by atoms with Crippen LogP contribution in [0.5, 0.6) is 0 Å². The molecule has 5 heteroatoms. The Hall–Kier alpha value is -1.88. The molecule has 0 radical (unpaired) electrons. The normalized spacial score (nSPS) is 13.8. The summed E-state index contributed by atoms with van der Waals surface area (Å²) in [6.45, 7) is 7.78. The van der Waals surface area contributed by atoms with Crippen LogP contribution >= 0.6 is 0 Å². The molecular formula is C17H27N3O2. The van der Waals surface area contributed by atoms with Gasteiger partial charge in [-0.05, 0) is 30.4 Å². The van der Waals surface area contributed by atoms with E-state index in [-0.39, 0.29) is 23.7 Å². The molecule has 22 heavy (non-hydrogen) atoms. The van der Waals surface area contributed by atoms with E-state index in [1.807, 2.05) is 58.0 Å². The first kappa shape index (κ1) is 18.2. The van der Waals surface area contributed by atoms with Crippen LogP contribution < -0.4 is 16.4 Å². The number of carbonyl (C=O) groups excluding carboxylic acids is 2. The van der Waals surface area contributed by atoms with E-state index in [4.69, 9.17) is 5.73 Å². The van der Waals surface area contributed by atoms with Gasteiger partial charge in [-0.1, -0.05) is 45.9 Å². The lowest BCUT2D eigenvalue weighted by Gasteiger charge is -2.23. The number of hydrogen-bond acceptors (Lipinski definition) is 3. The summed E-state index contributed by atoms with van der Waals surface area (Å²) in [7, 11) is 0. The molecule has 0 bridgehead atoms. The van der Waals surface area contributed by atoms with Gasteiger partial charge in [-0.25, -0.2) is 0 Å². The molecule has 5 nitrogen and oxygen atoms in total. The molecule has 1 aromatic rings. The van der Waals surface area contributed by atoms with Crippen molar-refractivity contribution >= 4 is 17.5 Å². The molecule has 0 spiro atoms. The van der Waals surface area contributed by atoms with Crippen molar-refractivity contribution in [3.8, 4) is 0 Å². The molecule has 0 aromatic heterocycles. The Morgan fingerprint density at radius 2 is 1.64 bits per heavy atom. The number of rotatable bonds is 7. The molecule has 122 valence electrons. The van der Waals surface area contributed by atoms with Crippen LogP contribution in [0, 0.1) is 11.8 Å². The summed E-state index contributed by atoms with van der Waals surface area (Å²) in [6.07, 6.45) is 0.565. The largest absolute Gasteiger partial charge is 0.343 e. The fraction of sp³-hybridized carbons (Fsp3) is 0.529. The fourth-order valence-electron chi connectivity index (χ4n) is 2.02. The summed E-state index contributed by atoms with van der Waals surface area (Å²) in [5.74, 6) is -0.202. The smallest absolute Gasteiger partial charge is 0.246 e. The van der Waals surface area contributed by atoms with Gasteiger partial charge < -0.3 is 16.4 Å². The van der Waals surface area contributed by atoms with Crippen molar-refractivity contribution in [1.82, 2.24) is 5.32 Å². The van der Waals surface area contributed by atoms with Gasteiger partial charge in [0.1, 0.15) is 6.04 Å². The van der Waals surface area contributed by atoms with Gasteiger partial charge in [0.25, 0.3) is 0 Å². The predicted octanol–water partition coefficient (Wildman–Crippen LogP) is 2.14. The lowest BCUT2D eigenvalue weighted by atomic mass is 10.0. The Kier molecular flexibility index (Phi) is 7.05. The Bertz CT molecular complexity index is 486. The van der Waals surface area contributed by atoms with Gasteiger partial charge >= 0.3 is 0 Å². The first-order valence-electron chi connectivity index (χ1n) is 7.73. The van der Waals surface area contributed by atoms with E-state index < -0.39 is 12.1 Å². The topological polar surface area (TPSA) is 84.2 Å². The summed E-state index contributed by atoms with van der Waals surface area (Å²) in [5.41, 5.74) is 6.56. The minimum Gasteiger partial charge on any atom is -0.343 e. The van der Waals surface area contributed by atoms with Crippen molar-refractivity contribution in [2.24, 2.45) is 17.6 Å². The first-order valence-corrected chi connectivity index (χ1v) is 7.73. The van der Waals surface area contributed by atoms with Crippen LogP contribution in [0.1, 0.15) is 34.1 Å².